The first-order chi connectivity index (χ1) is 9.04. The Bertz CT molecular complexity index is 373. The molecule has 0 aromatic rings. The summed E-state index contributed by atoms with van der Waals surface area (Å²) >= 11 is 0. The van der Waals surface area contributed by atoms with Crippen LogP contribution in [0.25, 0.3) is 0 Å². The number of carboxylic acid groups (broad SMARTS) is 1. The Morgan fingerprint density at radius 3 is 2.37 bits per heavy atom. The Hall–Kier alpha value is -1.52. The molecule has 3 N–H and O–H groups in total. The monoisotopic (exact) mass is 266 g/mol. The van der Waals surface area contributed by atoms with E-state index in [2.05, 4.69) is 17.6 Å². The van der Waals surface area contributed by atoms with E-state index in [0.29, 0.717) is 6.42 Å². The van der Waals surface area contributed by atoms with E-state index in [4.69, 9.17) is 5.11 Å². The zero-order valence-electron chi connectivity index (χ0n) is 11.3. The van der Waals surface area contributed by atoms with Crippen LogP contribution in [0.3, 0.4) is 0 Å². The number of amides is 2. The third-order valence-corrected chi connectivity index (χ3v) is 4.07. The molecule has 0 spiro atoms. The van der Waals surface area contributed by atoms with E-state index in [0.717, 1.165) is 31.6 Å². The predicted octanol–water partition coefficient (Wildman–Crippen LogP) is 1.89. The third-order valence-electron chi connectivity index (χ3n) is 4.07. The molecule has 0 aromatic carbocycles. The van der Waals surface area contributed by atoms with Crippen molar-refractivity contribution in [2.45, 2.75) is 51.1 Å². The summed E-state index contributed by atoms with van der Waals surface area (Å²) in [5, 5.41) is 14.7. The predicted molar refractivity (Wildman–Crippen MR) is 71.8 cm³/mol. The van der Waals surface area contributed by atoms with Crippen molar-refractivity contribution in [3.05, 3.63) is 12.2 Å². The number of aliphatic carboxylic acids is 1. The summed E-state index contributed by atoms with van der Waals surface area (Å²) < 4.78 is 0. The van der Waals surface area contributed by atoms with Gasteiger partial charge in [0.25, 0.3) is 0 Å². The molecule has 106 valence electrons. The fourth-order valence-electron chi connectivity index (χ4n) is 2.79. The second-order valence-corrected chi connectivity index (χ2v) is 5.75. The van der Waals surface area contributed by atoms with Crippen LogP contribution in [0.15, 0.2) is 12.2 Å². The topological polar surface area (TPSA) is 78.4 Å². The highest BCUT2D eigenvalue weighted by molar-refractivity contribution is 5.76. The van der Waals surface area contributed by atoms with Gasteiger partial charge < -0.3 is 15.7 Å². The summed E-state index contributed by atoms with van der Waals surface area (Å²) in [5.41, 5.74) is 0. The summed E-state index contributed by atoms with van der Waals surface area (Å²) in [7, 11) is 0. The SMILES string of the molecule is CC1CCC(NC(=O)NC2C=CC(C(=O)O)C2)CC1. The van der Waals surface area contributed by atoms with Crippen molar-refractivity contribution >= 4 is 12.0 Å². The lowest BCUT2D eigenvalue weighted by Gasteiger charge is -2.27. The third kappa shape index (κ3) is 3.98. The number of hydrogen-bond donors (Lipinski definition) is 3. The Balaban J connectivity index is 1.71. The van der Waals surface area contributed by atoms with E-state index in [1.165, 1.54) is 0 Å². The summed E-state index contributed by atoms with van der Waals surface area (Å²) in [4.78, 5) is 22.6. The summed E-state index contributed by atoms with van der Waals surface area (Å²) in [6.45, 7) is 2.24. The van der Waals surface area contributed by atoms with Crippen molar-refractivity contribution in [2.24, 2.45) is 11.8 Å². The first kappa shape index (κ1) is 13.9. The minimum Gasteiger partial charge on any atom is -0.481 e. The van der Waals surface area contributed by atoms with E-state index >= 15 is 0 Å². The number of carbonyl (C=O) groups is 2. The Labute approximate surface area is 113 Å². The number of hydrogen-bond acceptors (Lipinski definition) is 2. The molecular formula is C14H22N2O3. The molecule has 0 radical (unpaired) electrons. The van der Waals surface area contributed by atoms with E-state index in [-0.39, 0.29) is 18.1 Å². The van der Waals surface area contributed by atoms with Gasteiger partial charge in [-0.1, -0.05) is 19.1 Å². The van der Waals surface area contributed by atoms with Crippen LogP contribution in [0.4, 0.5) is 4.79 Å². The molecule has 0 aliphatic heterocycles. The molecule has 0 saturated heterocycles. The van der Waals surface area contributed by atoms with Crippen molar-refractivity contribution in [3.63, 3.8) is 0 Å². The normalized spacial score (nSPS) is 33.9. The maximum absolute atomic E-state index is 11.8. The summed E-state index contributed by atoms with van der Waals surface area (Å²) in [6.07, 6.45) is 8.26. The van der Waals surface area contributed by atoms with E-state index in [1.54, 1.807) is 12.2 Å². The second-order valence-electron chi connectivity index (χ2n) is 5.75. The molecular weight excluding hydrogens is 244 g/mol. The molecule has 2 aliphatic carbocycles. The zero-order valence-corrected chi connectivity index (χ0v) is 11.3. The fraction of sp³-hybridized carbons (Fsp3) is 0.714. The van der Waals surface area contributed by atoms with Gasteiger partial charge in [-0.25, -0.2) is 4.79 Å². The van der Waals surface area contributed by atoms with E-state index in [9.17, 15) is 9.59 Å². The van der Waals surface area contributed by atoms with Gasteiger partial charge in [0.15, 0.2) is 0 Å². The minimum absolute atomic E-state index is 0.163. The molecule has 2 rings (SSSR count). The average molecular weight is 266 g/mol. The Morgan fingerprint density at radius 2 is 1.79 bits per heavy atom. The molecule has 1 fully saturated rings. The molecule has 0 aromatic heterocycles. The van der Waals surface area contributed by atoms with Crippen LogP contribution in [-0.4, -0.2) is 29.2 Å². The molecule has 2 aliphatic rings. The maximum atomic E-state index is 11.8. The summed E-state index contributed by atoms with van der Waals surface area (Å²) in [5.74, 6) is -0.543. The van der Waals surface area contributed by atoms with Gasteiger partial charge in [0.1, 0.15) is 0 Å². The van der Waals surface area contributed by atoms with Crippen LogP contribution < -0.4 is 10.6 Å². The molecule has 0 heterocycles. The highest BCUT2D eigenvalue weighted by Gasteiger charge is 2.26. The number of carbonyl (C=O) groups excluding carboxylic acids is 1. The highest BCUT2D eigenvalue weighted by atomic mass is 16.4. The first-order valence-electron chi connectivity index (χ1n) is 7.02. The zero-order chi connectivity index (χ0) is 13.8. The van der Waals surface area contributed by atoms with Gasteiger partial charge in [0.2, 0.25) is 0 Å². The standard InChI is InChI=1S/C14H22N2O3/c1-9-2-5-11(6-3-9)15-14(19)16-12-7-4-10(8-12)13(17)18/h4,7,9-12H,2-3,5-6,8H2,1H3,(H,17,18)(H2,15,16,19). The smallest absolute Gasteiger partial charge is 0.315 e. The molecule has 5 heteroatoms. The van der Waals surface area contributed by atoms with Crippen molar-refractivity contribution in [1.29, 1.82) is 0 Å². The van der Waals surface area contributed by atoms with Gasteiger partial charge in [0.05, 0.1) is 12.0 Å². The number of rotatable bonds is 3. The van der Waals surface area contributed by atoms with Crippen LogP contribution in [0.5, 0.6) is 0 Å². The van der Waals surface area contributed by atoms with Crippen molar-refractivity contribution in [1.82, 2.24) is 10.6 Å². The fourth-order valence-corrected chi connectivity index (χ4v) is 2.79. The van der Waals surface area contributed by atoms with Crippen LogP contribution >= 0.6 is 0 Å². The second kappa shape index (κ2) is 6.08. The maximum Gasteiger partial charge on any atom is 0.315 e. The average Bonchev–Trinajstić information content (AvgIpc) is 2.80. The highest BCUT2D eigenvalue weighted by Crippen LogP contribution is 2.23. The number of nitrogens with one attached hydrogen (secondary N) is 2. The number of urea groups is 1. The van der Waals surface area contributed by atoms with Crippen LogP contribution in [-0.2, 0) is 4.79 Å². The molecule has 1 saturated carbocycles. The molecule has 2 unspecified atom stereocenters. The van der Waals surface area contributed by atoms with E-state index in [1.807, 2.05) is 0 Å². The van der Waals surface area contributed by atoms with Gasteiger partial charge in [-0.3, -0.25) is 4.79 Å². The van der Waals surface area contributed by atoms with Crippen LogP contribution in [0, 0.1) is 11.8 Å². The molecule has 19 heavy (non-hydrogen) atoms. The van der Waals surface area contributed by atoms with Gasteiger partial charge in [-0.2, -0.15) is 0 Å². The van der Waals surface area contributed by atoms with Gasteiger partial charge in [-0.15, -0.1) is 0 Å². The van der Waals surface area contributed by atoms with E-state index < -0.39 is 11.9 Å². The number of carboxylic acids is 1. The molecule has 0 bridgehead atoms. The quantitative estimate of drug-likeness (QED) is 0.683. The Kier molecular flexibility index (Phi) is 4.45. The lowest BCUT2D eigenvalue weighted by Crippen LogP contribution is -2.46. The van der Waals surface area contributed by atoms with Crippen molar-refractivity contribution in [2.75, 3.05) is 0 Å². The Morgan fingerprint density at radius 1 is 1.11 bits per heavy atom. The van der Waals surface area contributed by atoms with Crippen LogP contribution in [0.1, 0.15) is 39.0 Å². The first-order valence-corrected chi connectivity index (χ1v) is 7.02. The van der Waals surface area contributed by atoms with Gasteiger partial charge in [-0.05, 0) is 38.0 Å². The van der Waals surface area contributed by atoms with Crippen molar-refractivity contribution in [3.8, 4) is 0 Å². The largest absolute Gasteiger partial charge is 0.481 e. The van der Waals surface area contributed by atoms with Crippen LogP contribution in [0.2, 0.25) is 0 Å². The molecule has 2 amide bonds. The molecule has 5 nitrogen and oxygen atoms in total. The molecule has 2 atom stereocenters. The lowest BCUT2D eigenvalue weighted by molar-refractivity contribution is -0.140. The summed E-state index contributed by atoms with van der Waals surface area (Å²) in [6, 6.07) is -0.0827. The van der Waals surface area contributed by atoms with Gasteiger partial charge >= 0.3 is 12.0 Å². The minimum atomic E-state index is -0.831. The van der Waals surface area contributed by atoms with Gasteiger partial charge in [0, 0.05) is 6.04 Å². The van der Waals surface area contributed by atoms with Crippen molar-refractivity contribution < 1.29 is 14.7 Å². The lowest BCUT2D eigenvalue weighted by atomic mass is 9.87.